The summed E-state index contributed by atoms with van der Waals surface area (Å²) in [4.78, 5) is 4.55. The lowest BCUT2D eigenvalue weighted by molar-refractivity contribution is 0.106. The van der Waals surface area contributed by atoms with Crippen LogP contribution in [0.25, 0.3) is 17.1 Å². The van der Waals surface area contributed by atoms with E-state index >= 15 is 0 Å². The van der Waals surface area contributed by atoms with Crippen LogP contribution in [0.4, 0.5) is 5.69 Å². The normalized spacial score (nSPS) is 10.8. The van der Waals surface area contributed by atoms with Gasteiger partial charge in [-0.25, -0.2) is 4.68 Å². The summed E-state index contributed by atoms with van der Waals surface area (Å²) in [6.07, 6.45) is 0. The summed E-state index contributed by atoms with van der Waals surface area (Å²) >= 11 is 0. The number of nitrogen functional groups attached to an aromatic ring is 1. The van der Waals surface area contributed by atoms with Gasteiger partial charge in [0.05, 0.1) is 12.3 Å². The Balaban J connectivity index is 1.96. The molecule has 3 rings (SSSR count). The van der Waals surface area contributed by atoms with E-state index in [9.17, 15) is 0 Å². The number of aryl methyl sites for hydroxylation is 1. The van der Waals surface area contributed by atoms with Gasteiger partial charge in [0.15, 0.2) is 5.82 Å². The zero-order valence-electron chi connectivity index (χ0n) is 14.5. The minimum absolute atomic E-state index is 0.317. The van der Waals surface area contributed by atoms with Crippen molar-refractivity contribution in [3.63, 3.8) is 0 Å². The molecule has 0 bridgehead atoms. The second-order valence-electron chi connectivity index (χ2n) is 5.64. The molecular formula is C19H22N4O2. The Kier molecular flexibility index (Phi) is 5.30. The minimum Gasteiger partial charge on any atom is -0.460 e. The predicted octanol–water partition coefficient (Wildman–Crippen LogP) is 3.24. The highest BCUT2D eigenvalue weighted by Gasteiger charge is 2.15. The average Bonchev–Trinajstić information content (AvgIpc) is 3.04. The number of nitrogens with two attached hydrogens (primary N) is 1. The van der Waals surface area contributed by atoms with Crippen LogP contribution in [0, 0.1) is 6.92 Å². The molecule has 3 aromatic rings. The molecule has 0 atom stereocenters. The third-order valence-electron chi connectivity index (χ3n) is 3.68. The third-order valence-corrected chi connectivity index (χ3v) is 3.68. The van der Waals surface area contributed by atoms with Crippen molar-refractivity contribution in [3.05, 3.63) is 54.1 Å². The molecule has 130 valence electrons. The lowest BCUT2D eigenvalue weighted by Gasteiger charge is -2.06. The quantitative estimate of drug-likeness (QED) is 0.529. The third kappa shape index (κ3) is 4.16. The Labute approximate surface area is 147 Å². The van der Waals surface area contributed by atoms with Crippen molar-refractivity contribution in [2.24, 2.45) is 0 Å². The fraction of sp³-hybridized carbons (Fsp3) is 0.263. The summed E-state index contributed by atoms with van der Waals surface area (Å²) < 4.78 is 12.7. The van der Waals surface area contributed by atoms with Gasteiger partial charge in [-0.2, -0.15) is 4.98 Å². The van der Waals surface area contributed by atoms with Crippen molar-refractivity contribution in [1.82, 2.24) is 14.8 Å². The first-order chi connectivity index (χ1) is 12.2. The van der Waals surface area contributed by atoms with Gasteiger partial charge in [-0.15, -0.1) is 5.10 Å². The number of benzene rings is 2. The fourth-order valence-corrected chi connectivity index (χ4v) is 2.42. The van der Waals surface area contributed by atoms with Gasteiger partial charge in [0.1, 0.15) is 6.61 Å². The molecule has 0 saturated carbocycles. The standard InChI is InChI=1S/C19H22N4O2/c1-3-24-11-12-25-19-21-18(15-9-7-14(2)8-10-15)23(22-19)17-6-4-5-16(20)13-17/h4-10,13H,3,11-12,20H2,1-2H3. The Hall–Kier alpha value is -2.86. The van der Waals surface area contributed by atoms with Crippen LogP contribution >= 0.6 is 0 Å². The molecule has 0 saturated heterocycles. The largest absolute Gasteiger partial charge is 0.460 e. The highest BCUT2D eigenvalue weighted by Crippen LogP contribution is 2.24. The van der Waals surface area contributed by atoms with Crippen molar-refractivity contribution >= 4 is 5.69 Å². The number of rotatable bonds is 7. The number of nitrogens with zero attached hydrogens (tertiary/aromatic N) is 3. The van der Waals surface area contributed by atoms with Crippen molar-refractivity contribution in [1.29, 1.82) is 0 Å². The van der Waals surface area contributed by atoms with Crippen LogP contribution in [0.15, 0.2) is 48.5 Å². The van der Waals surface area contributed by atoms with Gasteiger partial charge in [0.25, 0.3) is 0 Å². The van der Waals surface area contributed by atoms with Gasteiger partial charge in [-0.3, -0.25) is 0 Å². The van der Waals surface area contributed by atoms with E-state index in [1.54, 1.807) is 4.68 Å². The van der Waals surface area contributed by atoms with Crippen LogP contribution in [0.3, 0.4) is 0 Å². The summed E-state index contributed by atoms with van der Waals surface area (Å²) in [6.45, 7) is 5.56. The molecule has 1 heterocycles. The molecule has 0 unspecified atom stereocenters. The highest BCUT2D eigenvalue weighted by molar-refractivity contribution is 5.60. The van der Waals surface area contributed by atoms with E-state index in [-0.39, 0.29) is 0 Å². The summed E-state index contributed by atoms with van der Waals surface area (Å²) in [6, 6.07) is 16.0. The number of ether oxygens (including phenoxy) is 2. The maximum atomic E-state index is 5.92. The van der Waals surface area contributed by atoms with Gasteiger partial charge in [-0.1, -0.05) is 35.9 Å². The summed E-state index contributed by atoms with van der Waals surface area (Å²) in [5.74, 6) is 0.706. The molecule has 1 aromatic heterocycles. The average molecular weight is 338 g/mol. The van der Waals surface area contributed by atoms with Gasteiger partial charge < -0.3 is 15.2 Å². The fourth-order valence-electron chi connectivity index (χ4n) is 2.42. The Bertz CT molecular complexity index is 828. The molecule has 2 N–H and O–H groups in total. The molecule has 0 aliphatic rings. The van der Waals surface area contributed by atoms with Crippen molar-refractivity contribution in [3.8, 4) is 23.1 Å². The smallest absolute Gasteiger partial charge is 0.336 e. The van der Waals surface area contributed by atoms with Crippen LogP contribution in [0.1, 0.15) is 12.5 Å². The van der Waals surface area contributed by atoms with Crippen LogP contribution < -0.4 is 10.5 Å². The van der Waals surface area contributed by atoms with Gasteiger partial charge in [0.2, 0.25) is 0 Å². The zero-order valence-corrected chi connectivity index (χ0v) is 14.5. The van der Waals surface area contributed by atoms with Gasteiger partial charge in [0, 0.05) is 17.9 Å². The van der Waals surface area contributed by atoms with Gasteiger partial charge >= 0.3 is 6.01 Å². The van der Waals surface area contributed by atoms with Crippen LogP contribution in [-0.2, 0) is 4.74 Å². The Morgan fingerprint density at radius 3 is 2.60 bits per heavy atom. The van der Waals surface area contributed by atoms with Crippen LogP contribution in [0.5, 0.6) is 6.01 Å². The van der Waals surface area contributed by atoms with E-state index in [1.165, 1.54) is 5.56 Å². The molecule has 0 radical (unpaired) electrons. The summed E-state index contributed by atoms with van der Waals surface area (Å²) in [7, 11) is 0. The molecule has 2 aromatic carbocycles. The molecule has 25 heavy (non-hydrogen) atoms. The number of hydrogen-bond donors (Lipinski definition) is 1. The van der Waals surface area contributed by atoms with Crippen LogP contribution in [0.2, 0.25) is 0 Å². The van der Waals surface area contributed by atoms with Crippen molar-refractivity contribution < 1.29 is 9.47 Å². The van der Waals surface area contributed by atoms with E-state index in [0.29, 0.717) is 37.3 Å². The first-order valence-corrected chi connectivity index (χ1v) is 8.28. The molecule has 0 amide bonds. The van der Waals surface area contributed by atoms with E-state index in [4.69, 9.17) is 15.2 Å². The molecule has 0 aliphatic carbocycles. The summed E-state index contributed by atoms with van der Waals surface area (Å²) in [5, 5.41) is 4.49. The first-order valence-electron chi connectivity index (χ1n) is 8.28. The lowest BCUT2D eigenvalue weighted by atomic mass is 10.1. The molecule has 0 fully saturated rings. The summed E-state index contributed by atoms with van der Waals surface area (Å²) in [5.41, 5.74) is 9.57. The topological polar surface area (TPSA) is 75.2 Å². The number of hydrogen-bond acceptors (Lipinski definition) is 5. The maximum absolute atomic E-state index is 5.92. The molecule has 6 heteroatoms. The second kappa shape index (κ2) is 7.81. The second-order valence-corrected chi connectivity index (χ2v) is 5.64. The SMILES string of the molecule is CCOCCOc1nc(-c2ccc(C)cc2)n(-c2cccc(N)c2)n1. The Morgan fingerprint density at radius 2 is 1.88 bits per heavy atom. The molecule has 6 nitrogen and oxygen atoms in total. The molecule has 0 aliphatic heterocycles. The van der Waals surface area contributed by atoms with Crippen LogP contribution in [-0.4, -0.2) is 34.6 Å². The number of aromatic nitrogens is 3. The molecule has 0 spiro atoms. The predicted molar refractivity (Wildman–Crippen MR) is 97.9 cm³/mol. The minimum atomic E-state index is 0.317. The number of anilines is 1. The van der Waals surface area contributed by atoms with E-state index in [2.05, 4.69) is 17.0 Å². The monoisotopic (exact) mass is 338 g/mol. The maximum Gasteiger partial charge on any atom is 0.336 e. The van der Waals surface area contributed by atoms with Crippen molar-refractivity contribution in [2.45, 2.75) is 13.8 Å². The highest BCUT2D eigenvalue weighted by atomic mass is 16.5. The van der Waals surface area contributed by atoms with E-state index < -0.39 is 0 Å². The lowest BCUT2D eigenvalue weighted by Crippen LogP contribution is -2.07. The Morgan fingerprint density at radius 1 is 1.08 bits per heavy atom. The first kappa shape index (κ1) is 17.0. The van der Waals surface area contributed by atoms with Gasteiger partial charge in [-0.05, 0) is 32.0 Å². The van der Waals surface area contributed by atoms with Crippen molar-refractivity contribution in [2.75, 3.05) is 25.6 Å². The molecular weight excluding hydrogens is 316 g/mol. The van der Waals surface area contributed by atoms with E-state index in [1.807, 2.05) is 55.5 Å². The zero-order chi connectivity index (χ0) is 17.6. The van der Waals surface area contributed by atoms with E-state index in [0.717, 1.165) is 11.3 Å².